The fourth-order valence-electron chi connectivity index (χ4n) is 4.44. The topological polar surface area (TPSA) is 143 Å². The van der Waals surface area contributed by atoms with E-state index < -0.39 is 11.8 Å². The van der Waals surface area contributed by atoms with Gasteiger partial charge in [0.25, 0.3) is 5.56 Å². The fourth-order valence-corrected chi connectivity index (χ4v) is 4.44. The van der Waals surface area contributed by atoms with E-state index in [1.54, 1.807) is 18.4 Å². The number of carbonyl (C=O) groups excluding carboxylic acids is 1. The molecule has 2 aromatic heterocycles. The van der Waals surface area contributed by atoms with E-state index in [4.69, 9.17) is 4.98 Å². The van der Waals surface area contributed by atoms with Gasteiger partial charge in [0, 0.05) is 29.3 Å². The Bertz CT molecular complexity index is 1550. The Balaban J connectivity index is 1.65. The summed E-state index contributed by atoms with van der Waals surface area (Å²) in [5, 5.41) is 15.8. The van der Waals surface area contributed by atoms with Gasteiger partial charge in [-0.1, -0.05) is 67.0 Å². The molecular formula is C29H33N5O5. The van der Waals surface area contributed by atoms with Crippen LogP contribution < -0.4 is 16.6 Å². The van der Waals surface area contributed by atoms with E-state index in [1.807, 2.05) is 48.5 Å². The van der Waals surface area contributed by atoms with Crippen LogP contribution in [0.4, 0.5) is 0 Å². The summed E-state index contributed by atoms with van der Waals surface area (Å²) < 4.78 is 6.33. The maximum Gasteiger partial charge on any atom is 0.439 e. The third kappa shape index (κ3) is 6.58. The zero-order valence-electron chi connectivity index (χ0n) is 22.4. The van der Waals surface area contributed by atoms with E-state index in [9.17, 15) is 19.5 Å². The van der Waals surface area contributed by atoms with Gasteiger partial charge in [0.05, 0.1) is 19.6 Å². The van der Waals surface area contributed by atoms with Gasteiger partial charge in [-0.25, -0.2) is 9.78 Å². The highest BCUT2D eigenvalue weighted by molar-refractivity contribution is 5.80. The first-order chi connectivity index (χ1) is 18.8. The van der Waals surface area contributed by atoms with Crippen LogP contribution in [0.3, 0.4) is 0 Å². The molecule has 0 saturated heterocycles. The number of aromatic nitrogens is 4. The average Bonchev–Trinajstić information content (AvgIpc) is 3.38. The fraction of sp³-hybridized carbons (Fsp3) is 0.345. The number of rotatable bonds is 11. The van der Waals surface area contributed by atoms with Gasteiger partial charge >= 0.3 is 5.76 Å². The van der Waals surface area contributed by atoms with Crippen molar-refractivity contribution in [2.45, 2.75) is 59.0 Å². The van der Waals surface area contributed by atoms with E-state index in [0.29, 0.717) is 35.9 Å². The summed E-state index contributed by atoms with van der Waals surface area (Å²) >= 11 is 0. The number of aliphatic hydroxyl groups is 1. The lowest BCUT2D eigenvalue weighted by Crippen LogP contribution is -2.38. The van der Waals surface area contributed by atoms with Gasteiger partial charge in [-0.2, -0.15) is 0 Å². The van der Waals surface area contributed by atoms with Crippen LogP contribution in [0.1, 0.15) is 49.3 Å². The molecule has 39 heavy (non-hydrogen) atoms. The molecule has 0 aliphatic heterocycles. The monoisotopic (exact) mass is 531 g/mol. The zero-order valence-corrected chi connectivity index (χ0v) is 22.4. The molecule has 10 nitrogen and oxygen atoms in total. The number of unbranched alkanes of at least 4 members (excludes halogenated alkanes) is 1. The third-order valence-electron chi connectivity index (χ3n) is 6.55. The predicted octanol–water partition coefficient (Wildman–Crippen LogP) is 2.99. The smallest absolute Gasteiger partial charge is 0.394 e. The van der Waals surface area contributed by atoms with Crippen molar-refractivity contribution in [1.29, 1.82) is 0 Å². The minimum atomic E-state index is -0.620. The molecule has 0 saturated carbocycles. The van der Waals surface area contributed by atoms with E-state index in [1.165, 1.54) is 0 Å². The van der Waals surface area contributed by atoms with E-state index in [-0.39, 0.29) is 24.5 Å². The summed E-state index contributed by atoms with van der Waals surface area (Å²) in [6.45, 7) is 5.67. The number of nitrogens with one attached hydrogen (secondary N) is 2. The predicted molar refractivity (Wildman–Crippen MR) is 147 cm³/mol. The molecule has 1 atom stereocenters. The Hall–Kier alpha value is -4.31. The van der Waals surface area contributed by atoms with Crippen LogP contribution in [0.15, 0.2) is 62.6 Å². The van der Waals surface area contributed by atoms with Gasteiger partial charge in [0.15, 0.2) is 5.82 Å². The molecule has 0 fully saturated rings. The Kier molecular flexibility index (Phi) is 8.88. The second-order valence-corrected chi connectivity index (χ2v) is 9.60. The number of hydrogen-bond donors (Lipinski definition) is 3. The molecule has 2 heterocycles. The van der Waals surface area contributed by atoms with Crippen molar-refractivity contribution in [3.05, 3.63) is 92.1 Å². The molecule has 204 valence electrons. The maximum atomic E-state index is 13.6. The highest BCUT2D eigenvalue weighted by atomic mass is 16.5. The minimum absolute atomic E-state index is 0.101. The first kappa shape index (κ1) is 27.7. The molecular weight excluding hydrogens is 498 g/mol. The number of H-pyrrole nitrogens is 1. The Morgan fingerprint density at radius 2 is 1.85 bits per heavy atom. The molecule has 0 bridgehead atoms. The Labute approximate surface area is 225 Å². The zero-order chi connectivity index (χ0) is 27.9. The standard InChI is InChI=1S/C29H33N5O5/c1-4-5-10-25-31-19(3)24(15-26(36)30-18(2)17-35)28(37)34(25)16-20-11-13-21(14-12-20)22-8-6-7-9-23(22)27-32-29(38)39-33-27/h6-9,11-14,18,35H,4-5,10,15-17H2,1-3H3,(H,30,36)(H,32,33,38). The van der Waals surface area contributed by atoms with Crippen LogP contribution in [0, 0.1) is 6.92 Å². The molecule has 0 aliphatic rings. The van der Waals surface area contributed by atoms with Crippen LogP contribution in [0.5, 0.6) is 0 Å². The summed E-state index contributed by atoms with van der Waals surface area (Å²) in [6, 6.07) is 15.0. The van der Waals surface area contributed by atoms with Crippen LogP contribution in [-0.4, -0.2) is 43.4 Å². The minimum Gasteiger partial charge on any atom is -0.394 e. The number of nitrogens with zero attached hydrogens (tertiary/aromatic N) is 3. The highest BCUT2D eigenvalue weighted by Crippen LogP contribution is 2.30. The van der Waals surface area contributed by atoms with Crippen LogP contribution in [0.2, 0.25) is 0 Å². The van der Waals surface area contributed by atoms with Crippen molar-refractivity contribution in [1.82, 2.24) is 25.0 Å². The maximum absolute atomic E-state index is 13.6. The number of amides is 1. The number of benzene rings is 2. The molecule has 1 amide bonds. The first-order valence-corrected chi connectivity index (χ1v) is 13.0. The highest BCUT2D eigenvalue weighted by Gasteiger charge is 2.18. The second-order valence-electron chi connectivity index (χ2n) is 9.60. The van der Waals surface area contributed by atoms with Crippen LogP contribution in [-0.2, 0) is 24.2 Å². The molecule has 0 radical (unpaired) electrons. The van der Waals surface area contributed by atoms with Gasteiger partial charge in [-0.05, 0) is 37.0 Å². The largest absolute Gasteiger partial charge is 0.439 e. The summed E-state index contributed by atoms with van der Waals surface area (Å²) in [5.41, 5.74) is 4.09. The summed E-state index contributed by atoms with van der Waals surface area (Å²) in [6.07, 6.45) is 2.40. The second kappa shape index (κ2) is 12.5. The summed E-state index contributed by atoms with van der Waals surface area (Å²) in [5.74, 6) is 0.0907. The number of hydrogen-bond acceptors (Lipinski definition) is 7. The van der Waals surface area contributed by atoms with Crippen molar-refractivity contribution < 1.29 is 14.4 Å². The van der Waals surface area contributed by atoms with Crippen LogP contribution in [0.25, 0.3) is 22.5 Å². The van der Waals surface area contributed by atoms with Gasteiger partial charge in [-0.15, -0.1) is 0 Å². The Morgan fingerprint density at radius 1 is 1.13 bits per heavy atom. The Morgan fingerprint density at radius 3 is 2.49 bits per heavy atom. The van der Waals surface area contributed by atoms with Gasteiger partial charge in [0.1, 0.15) is 5.82 Å². The quantitative estimate of drug-likeness (QED) is 0.270. The lowest BCUT2D eigenvalue weighted by atomic mass is 9.98. The van der Waals surface area contributed by atoms with Crippen LogP contribution >= 0.6 is 0 Å². The van der Waals surface area contributed by atoms with Gasteiger partial charge in [0.2, 0.25) is 5.91 Å². The van der Waals surface area contributed by atoms with Gasteiger partial charge < -0.3 is 10.4 Å². The van der Waals surface area contributed by atoms with E-state index in [0.717, 1.165) is 35.1 Å². The van der Waals surface area contributed by atoms with Crippen molar-refractivity contribution in [2.24, 2.45) is 0 Å². The molecule has 4 rings (SSSR count). The normalized spacial score (nSPS) is 11.9. The van der Waals surface area contributed by atoms with E-state index in [2.05, 4.69) is 26.9 Å². The molecule has 1 unspecified atom stereocenters. The molecule has 3 N–H and O–H groups in total. The molecule has 2 aromatic carbocycles. The number of aryl methyl sites for hydroxylation is 2. The number of aromatic amines is 1. The summed E-state index contributed by atoms with van der Waals surface area (Å²) in [7, 11) is 0. The molecule has 4 aromatic rings. The van der Waals surface area contributed by atoms with Crippen molar-refractivity contribution in [3.8, 4) is 22.5 Å². The SMILES string of the molecule is CCCCc1nc(C)c(CC(=O)NC(C)CO)c(=O)n1Cc1ccc(-c2ccccc2-c2noc(=O)[nH]2)cc1. The lowest BCUT2D eigenvalue weighted by Gasteiger charge is -2.17. The van der Waals surface area contributed by atoms with Gasteiger partial charge in [-0.3, -0.25) is 23.7 Å². The van der Waals surface area contributed by atoms with Crippen molar-refractivity contribution in [3.63, 3.8) is 0 Å². The third-order valence-corrected chi connectivity index (χ3v) is 6.55. The number of carbonyl (C=O) groups is 1. The summed E-state index contributed by atoms with van der Waals surface area (Å²) in [4.78, 5) is 44.9. The van der Waals surface area contributed by atoms with Crippen molar-refractivity contribution >= 4 is 5.91 Å². The first-order valence-electron chi connectivity index (χ1n) is 13.0. The lowest BCUT2D eigenvalue weighted by molar-refractivity contribution is -0.121. The van der Waals surface area contributed by atoms with E-state index >= 15 is 0 Å². The molecule has 0 spiro atoms. The molecule has 10 heteroatoms. The number of aliphatic hydroxyl groups excluding tert-OH is 1. The molecule has 0 aliphatic carbocycles. The average molecular weight is 532 g/mol. The van der Waals surface area contributed by atoms with Crippen molar-refractivity contribution in [2.75, 3.05) is 6.61 Å².